The zero-order chi connectivity index (χ0) is 26.2. The van der Waals surface area contributed by atoms with E-state index in [-0.39, 0.29) is 0 Å². The Morgan fingerprint density at radius 2 is 0.974 bits per heavy atom. The van der Waals surface area contributed by atoms with Crippen molar-refractivity contribution in [1.82, 2.24) is 9.55 Å². The predicted molar refractivity (Wildman–Crippen MR) is 160 cm³/mol. The first kappa shape index (κ1) is 22.7. The Labute approximate surface area is 226 Å². The summed E-state index contributed by atoms with van der Waals surface area (Å²) in [5.74, 6) is 0.858. The van der Waals surface area contributed by atoms with Crippen molar-refractivity contribution in [3.05, 3.63) is 145 Å². The molecule has 7 aromatic rings. The third-order valence-electron chi connectivity index (χ3n) is 7.30. The Hall–Kier alpha value is -5.46. The molecular formula is C36H23N3. The minimum atomic E-state index is 0.652. The largest absolute Gasteiger partial charge is 0.294 e. The van der Waals surface area contributed by atoms with Gasteiger partial charge >= 0.3 is 0 Å². The number of rotatable bonds is 4. The van der Waals surface area contributed by atoms with Gasteiger partial charge in [0, 0.05) is 17.0 Å². The first-order chi connectivity index (χ1) is 19.3. The normalized spacial score (nSPS) is 11.1. The monoisotopic (exact) mass is 497 g/mol. The van der Waals surface area contributed by atoms with Gasteiger partial charge in [0.05, 0.1) is 22.7 Å². The maximum atomic E-state index is 9.19. The molecule has 7 rings (SSSR count). The first-order valence-electron chi connectivity index (χ1n) is 12.9. The summed E-state index contributed by atoms with van der Waals surface area (Å²) in [6, 6.07) is 48.4. The molecule has 2 aromatic heterocycles. The molecule has 0 aliphatic carbocycles. The second-order valence-electron chi connectivity index (χ2n) is 9.62. The van der Waals surface area contributed by atoms with E-state index >= 15 is 0 Å². The van der Waals surface area contributed by atoms with Gasteiger partial charge in [-0.3, -0.25) is 4.57 Å². The summed E-state index contributed by atoms with van der Waals surface area (Å²) < 4.78 is 2.25. The molecule has 182 valence electrons. The molecule has 0 aliphatic heterocycles. The summed E-state index contributed by atoms with van der Waals surface area (Å²) >= 11 is 0. The fourth-order valence-corrected chi connectivity index (χ4v) is 5.35. The average Bonchev–Trinajstić information content (AvgIpc) is 3.35. The van der Waals surface area contributed by atoms with Crippen LogP contribution in [0, 0.1) is 11.3 Å². The van der Waals surface area contributed by atoms with Gasteiger partial charge < -0.3 is 0 Å². The molecule has 3 heteroatoms. The van der Waals surface area contributed by atoms with Gasteiger partial charge in [0.25, 0.3) is 0 Å². The molecule has 0 atom stereocenters. The molecule has 0 N–H and O–H groups in total. The molecule has 39 heavy (non-hydrogen) atoms. The van der Waals surface area contributed by atoms with Crippen LogP contribution in [0.3, 0.4) is 0 Å². The summed E-state index contributed by atoms with van der Waals surface area (Å²) in [6.45, 7) is 0. The van der Waals surface area contributed by atoms with E-state index < -0.39 is 0 Å². The Kier molecular flexibility index (Phi) is 5.50. The standard InChI is InChI=1S/C36H23N3/c37-24-25-11-13-28(14-12-25)31-19-20-38-36(23-31)39-34-17-15-29(26-7-3-1-4-8-26)21-32(34)33-22-30(16-18-35(33)39)27-9-5-2-6-10-27/h1-23H. The van der Waals surface area contributed by atoms with Gasteiger partial charge in [0.2, 0.25) is 0 Å². The van der Waals surface area contributed by atoms with Gasteiger partial charge in [-0.05, 0) is 81.9 Å². The quantitative estimate of drug-likeness (QED) is 0.243. The number of pyridine rings is 1. The summed E-state index contributed by atoms with van der Waals surface area (Å²) in [5, 5.41) is 11.6. The van der Waals surface area contributed by atoms with E-state index in [1.165, 1.54) is 33.0 Å². The highest BCUT2D eigenvalue weighted by Crippen LogP contribution is 2.37. The first-order valence-corrected chi connectivity index (χ1v) is 12.9. The molecule has 0 amide bonds. The smallest absolute Gasteiger partial charge is 0.138 e. The highest BCUT2D eigenvalue weighted by Gasteiger charge is 2.16. The number of benzene rings is 5. The van der Waals surface area contributed by atoms with Crippen LogP contribution in [-0.4, -0.2) is 9.55 Å². The van der Waals surface area contributed by atoms with Crippen molar-refractivity contribution in [2.24, 2.45) is 0 Å². The number of hydrogen-bond acceptors (Lipinski definition) is 2. The van der Waals surface area contributed by atoms with Crippen LogP contribution >= 0.6 is 0 Å². The number of nitrogens with zero attached hydrogens (tertiary/aromatic N) is 3. The molecule has 0 aliphatic rings. The van der Waals surface area contributed by atoms with Crippen LogP contribution in [0.4, 0.5) is 0 Å². The lowest BCUT2D eigenvalue weighted by atomic mass is 10.0. The van der Waals surface area contributed by atoms with E-state index in [4.69, 9.17) is 4.98 Å². The molecule has 0 spiro atoms. The van der Waals surface area contributed by atoms with Gasteiger partial charge in [0.1, 0.15) is 5.82 Å². The van der Waals surface area contributed by atoms with E-state index in [9.17, 15) is 5.26 Å². The maximum absolute atomic E-state index is 9.19. The van der Waals surface area contributed by atoms with E-state index in [0.29, 0.717) is 5.56 Å². The molecule has 5 aromatic carbocycles. The lowest BCUT2D eigenvalue weighted by molar-refractivity contribution is 1.08. The average molecular weight is 498 g/mol. The van der Waals surface area contributed by atoms with Gasteiger partial charge in [0.15, 0.2) is 0 Å². The van der Waals surface area contributed by atoms with Crippen molar-refractivity contribution in [2.45, 2.75) is 0 Å². The van der Waals surface area contributed by atoms with Crippen LogP contribution in [0.1, 0.15) is 5.56 Å². The predicted octanol–water partition coefficient (Wildman–Crippen LogP) is 9.05. The Bertz CT molecular complexity index is 1900. The molecule has 0 saturated carbocycles. The summed E-state index contributed by atoms with van der Waals surface area (Å²) in [7, 11) is 0. The van der Waals surface area contributed by atoms with Crippen molar-refractivity contribution < 1.29 is 0 Å². The molecule has 2 heterocycles. The van der Waals surface area contributed by atoms with Crippen molar-refractivity contribution >= 4 is 21.8 Å². The lowest BCUT2D eigenvalue weighted by Gasteiger charge is -2.10. The third kappa shape index (κ3) is 4.05. The number of aromatic nitrogens is 2. The van der Waals surface area contributed by atoms with Crippen LogP contribution in [0.25, 0.3) is 61.0 Å². The fourth-order valence-electron chi connectivity index (χ4n) is 5.35. The number of nitriles is 1. The Morgan fingerprint density at radius 1 is 0.487 bits per heavy atom. The third-order valence-corrected chi connectivity index (χ3v) is 7.30. The number of fused-ring (bicyclic) bond motifs is 3. The summed E-state index contributed by atoms with van der Waals surface area (Å²) in [5.41, 5.74) is 9.74. The maximum Gasteiger partial charge on any atom is 0.138 e. The minimum Gasteiger partial charge on any atom is -0.294 e. The summed E-state index contributed by atoms with van der Waals surface area (Å²) in [6.07, 6.45) is 1.86. The van der Waals surface area contributed by atoms with E-state index in [2.05, 4.69) is 102 Å². The van der Waals surface area contributed by atoms with Crippen LogP contribution in [0.5, 0.6) is 0 Å². The topological polar surface area (TPSA) is 41.6 Å². The second-order valence-corrected chi connectivity index (χ2v) is 9.62. The summed E-state index contributed by atoms with van der Waals surface area (Å²) in [4.78, 5) is 4.81. The number of hydrogen-bond donors (Lipinski definition) is 0. The van der Waals surface area contributed by atoms with Crippen molar-refractivity contribution in [3.63, 3.8) is 0 Å². The second kappa shape index (κ2) is 9.45. The Balaban J connectivity index is 1.46. The van der Waals surface area contributed by atoms with Crippen molar-refractivity contribution in [1.29, 1.82) is 5.26 Å². The van der Waals surface area contributed by atoms with Crippen molar-refractivity contribution in [2.75, 3.05) is 0 Å². The SMILES string of the molecule is N#Cc1ccc(-c2ccnc(-n3c4ccc(-c5ccccc5)cc4c4cc(-c5ccccc5)ccc43)c2)cc1. The van der Waals surface area contributed by atoms with Gasteiger partial charge in [-0.2, -0.15) is 5.26 Å². The van der Waals surface area contributed by atoms with Crippen LogP contribution < -0.4 is 0 Å². The Morgan fingerprint density at radius 3 is 1.51 bits per heavy atom. The van der Waals surface area contributed by atoms with Crippen LogP contribution in [0.2, 0.25) is 0 Å². The zero-order valence-corrected chi connectivity index (χ0v) is 21.1. The molecule has 3 nitrogen and oxygen atoms in total. The van der Waals surface area contributed by atoms with Crippen LogP contribution in [0.15, 0.2) is 140 Å². The van der Waals surface area contributed by atoms with E-state index in [1.807, 2.05) is 48.7 Å². The highest BCUT2D eigenvalue weighted by molar-refractivity contribution is 6.11. The fraction of sp³-hybridized carbons (Fsp3) is 0. The highest BCUT2D eigenvalue weighted by atomic mass is 15.1. The van der Waals surface area contributed by atoms with Crippen LogP contribution in [-0.2, 0) is 0 Å². The molecule has 0 unspecified atom stereocenters. The van der Waals surface area contributed by atoms with E-state index in [1.54, 1.807) is 0 Å². The molecule has 0 saturated heterocycles. The molecule has 0 radical (unpaired) electrons. The van der Waals surface area contributed by atoms with E-state index in [0.717, 1.165) is 28.0 Å². The molecule has 0 fully saturated rings. The molecule has 0 bridgehead atoms. The zero-order valence-electron chi connectivity index (χ0n) is 21.1. The van der Waals surface area contributed by atoms with Gasteiger partial charge in [-0.15, -0.1) is 0 Å². The van der Waals surface area contributed by atoms with Gasteiger partial charge in [-0.1, -0.05) is 84.9 Å². The lowest BCUT2D eigenvalue weighted by Crippen LogP contribution is -1.97. The molecular weight excluding hydrogens is 474 g/mol. The van der Waals surface area contributed by atoms with Crippen molar-refractivity contribution in [3.8, 4) is 45.3 Å². The van der Waals surface area contributed by atoms with Gasteiger partial charge in [-0.25, -0.2) is 4.98 Å². The minimum absolute atomic E-state index is 0.652.